The van der Waals surface area contributed by atoms with Gasteiger partial charge in [0.2, 0.25) is 0 Å². The van der Waals surface area contributed by atoms with E-state index in [1.807, 2.05) is 0 Å². The molecule has 0 N–H and O–H groups in total. The smallest absolute Gasteiger partial charge is 0.0459 e. The van der Waals surface area contributed by atoms with E-state index in [9.17, 15) is 0 Å². The van der Waals surface area contributed by atoms with Gasteiger partial charge in [0, 0.05) is 5.41 Å². The molecular weight excluding hydrogens is 331 g/mol. The molecule has 0 saturated heterocycles. The zero-order valence-electron chi connectivity index (χ0n) is 16.1. The van der Waals surface area contributed by atoms with Crippen LogP contribution in [0.5, 0.6) is 0 Å². The molecule has 0 heterocycles. The maximum atomic E-state index is 2.91. The fourth-order valence-corrected chi connectivity index (χ4v) is 4.57. The molecule has 0 fully saturated rings. The first kappa shape index (κ1) is 18.9. The van der Waals surface area contributed by atoms with Gasteiger partial charge in [0.25, 0.3) is 0 Å². The van der Waals surface area contributed by atoms with Crippen LogP contribution in [0, 0.1) is 20.8 Å². The molecule has 0 radical (unpaired) electrons. The Kier molecular flexibility index (Phi) is 5.94. The summed E-state index contributed by atoms with van der Waals surface area (Å²) in [5.74, 6) is 0. The average molecular weight is 360 g/mol. The third-order valence-electron chi connectivity index (χ3n) is 5.57. The lowest BCUT2D eigenvalue weighted by Crippen LogP contribution is -2.32. The van der Waals surface area contributed by atoms with Crippen molar-refractivity contribution in [3.63, 3.8) is 0 Å². The van der Waals surface area contributed by atoms with Gasteiger partial charge in [0.1, 0.15) is 0 Å². The molecule has 3 aromatic carbocycles. The minimum Gasteiger partial charge on any atom is -0.138 e. The van der Waals surface area contributed by atoms with Crippen LogP contribution in [0.25, 0.3) is 0 Å². The highest BCUT2D eigenvalue weighted by Crippen LogP contribution is 2.46. The van der Waals surface area contributed by atoms with Crippen LogP contribution < -0.4 is 0 Å². The highest BCUT2D eigenvalue weighted by molar-refractivity contribution is 7.16. The highest BCUT2D eigenvalue weighted by atomic mass is 31.0. The third kappa shape index (κ3) is 3.36. The van der Waals surface area contributed by atoms with Gasteiger partial charge in [-0.2, -0.15) is 0 Å². The first-order chi connectivity index (χ1) is 12.6. The van der Waals surface area contributed by atoms with Gasteiger partial charge in [-0.1, -0.05) is 72.8 Å². The highest BCUT2D eigenvalue weighted by Gasteiger charge is 2.38. The van der Waals surface area contributed by atoms with Crippen molar-refractivity contribution in [2.45, 2.75) is 39.0 Å². The van der Waals surface area contributed by atoms with Crippen molar-refractivity contribution in [1.29, 1.82) is 0 Å². The Bertz CT molecular complexity index is 768. The summed E-state index contributed by atoms with van der Waals surface area (Å²) in [4.78, 5) is 0. The zero-order chi connectivity index (χ0) is 18.6. The lowest BCUT2D eigenvalue weighted by molar-refractivity contribution is 0.544. The topological polar surface area (TPSA) is 0 Å². The molecule has 0 aliphatic heterocycles. The zero-order valence-corrected chi connectivity index (χ0v) is 17.3. The van der Waals surface area contributed by atoms with Gasteiger partial charge < -0.3 is 0 Å². The molecule has 0 aliphatic rings. The van der Waals surface area contributed by atoms with Crippen molar-refractivity contribution in [3.8, 4) is 0 Å². The molecule has 26 heavy (non-hydrogen) atoms. The number of benzene rings is 3. The fraction of sp³-hybridized carbons (Fsp3) is 0.280. The summed E-state index contributed by atoms with van der Waals surface area (Å²) in [5, 5.41) is 0. The van der Waals surface area contributed by atoms with E-state index < -0.39 is 0 Å². The van der Waals surface area contributed by atoms with Gasteiger partial charge in [-0.25, -0.2) is 0 Å². The van der Waals surface area contributed by atoms with Crippen LogP contribution >= 0.6 is 9.24 Å². The molecule has 1 heteroatoms. The largest absolute Gasteiger partial charge is 0.138 e. The SMILES string of the molecule is Cc1ccccc1C(CCCP)(c1ccccc1C)c1ccccc1C. The molecule has 0 saturated carbocycles. The van der Waals surface area contributed by atoms with Crippen LogP contribution in [0.2, 0.25) is 0 Å². The summed E-state index contributed by atoms with van der Waals surface area (Å²) in [6, 6.07) is 26.8. The van der Waals surface area contributed by atoms with E-state index >= 15 is 0 Å². The molecular formula is C25H29P. The molecule has 0 aliphatic carbocycles. The van der Waals surface area contributed by atoms with Crippen molar-refractivity contribution < 1.29 is 0 Å². The number of rotatable bonds is 6. The minimum absolute atomic E-state index is 0.113. The van der Waals surface area contributed by atoms with Crippen molar-refractivity contribution >= 4 is 9.24 Å². The predicted molar refractivity (Wildman–Crippen MR) is 117 cm³/mol. The minimum atomic E-state index is -0.113. The average Bonchev–Trinajstić information content (AvgIpc) is 2.65. The Morgan fingerprint density at radius 1 is 0.615 bits per heavy atom. The Hall–Kier alpha value is -1.91. The van der Waals surface area contributed by atoms with Crippen molar-refractivity contribution in [1.82, 2.24) is 0 Å². The first-order valence-corrected chi connectivity index (χ1v) is 10.3. The Morgan fingerprint density at radius 2 is 0.962 bits per heavy atom. The van der Waals surface area contributed by atoms with Gasteiger partial charge in [-0.3, -0.25) is 0 Å². The molecule has 1 atom stereocenters. The predicted octanol–water partition coefficient (Wildman–Crippen LogP) is 6.60. The number of hydrogen-bond acceptors (Lipinski definition) is 0. The molecule has 3 rings (SSSR count). The monoisotopic (exact) mass is 360 g/mol. The van der Waals surface area contributed by atoms with Gasteiger partial charge >= 0.3 is 0 Å². The van der Waals surface area contributed by atoms with Crippen LogP contribution in [0.1, 0.15) is 46.2 Å². The van der Waals surface area contributed by atoms with E-state index in [1.165, 1.54) is 39.8 Å². The Labute approximate surface area is 160 Å². The summed E-state index contributed by atoms with van der Waals surface area (Å²) in [7, 11) is 2.91. The van der Waals surface area contributed by atoms with E-state index in [1.54, 1.807) is 0 Å². The van der Waals surface area contributed by atoms with Gasteiger partial charge in [0.05, 0.1) is 0 Å². The summed E-state index contributed by atoms with van der Waals surface area (Å²) in [5.41, 5.74) is 8.28. The maximum Gasteiger partial charge on any atom is 0.0459 e. The van der Waals surface area contributed by atoms with E-state index in [-0.39, 0.29) is 5.41 Å². The second-order valence-electron chi connectivity index (χ2n) is 7.24. The Balaban J connectivity index is 2.41. The normalized spacial score (nSPS) is 11.5. The molecule has 134 valence electrons. The van der Waals surface area contributed by atoms with E-state index in [4.69, 9.17) is 0 Å². The second-order valence-corrected chi connectivity index (χ2v) is 7.82. The molecule has 0 aromatic heterocycles. The number of hydrogen-bond donors (Lipinski definition) is 0. The van der Waals surface area contributed by atoms with E-state index in [0.29, 0.717) is 0 Å². The van der Waals surface area contributed by atoms with E-state index in [2.05, 4.69) is 103 Å². The van der Waals surface area contributed by atoms with Crippen LogP contribution in [-0.2, 0) is 5.41 Å². The summed E-state index contributed by atoms with van der Waals surface area (Å²) >= 11 is 0. The maximum absolute atomic E-state index is 2.91. The number of aryl methyl sites for hydroxylation is 3. The first-order valence-electron chi connectivity index (χ1n) is 9.49. The quantitative estimate of drug-likeness (QED) is 0.343. The molecule has 3 aromatic rings. The van der Waals surface area contributed by atoms with Crippen LogP contribution in [0.4, 0.5) is 0 Å². The van der Waals surface area contributed by atoms with Gasteiger partial charge in [-0.15, -0.1) is 9.24 Å². The standard InChI is InChI=1S/C25H29P/c1-19-11-4-7-14-22(19)25(17-10-18-26,23-15-8-5-12-20(23)2)24-16-9-6-13-21(24)3/h4-9,11-16H,10,17-18,26H2,1-3H3. The van der Waals surface area contributed by atoms with E-state index in [0.717, 1.165) is 12.6 Å². The van der Waals surface area contributed by atoms with Crippen molar-refractivity contribution in [2.75, 3.05) is 6.16 Å². The lowest BCUT2D eigenvalue weighted by Gasteiger charge is -2.39. The van der Waals surface area contributed by atoms with Crippen LogP contribution in [0.15, 0.2) is 72.8 Å². The van der Waals surface area contributed by atoms with Crippen molar-refractivity contribution in [2.24, 2.45) is 0 Å². The van der Waals surface area contributed by atoms with Gasteiger partial charge in [0.15, 0.2) is 0 Å². The third-order valence-corrected chi connectivity index (χ3v) is 5.98. The lowest BCUT2D eigenvalue weighted by atomic mass is 9.63. The summed E-state index contributed by atoms with van der Waals surface area (Å²) in [6.07, 6.45) is 3.39. The van der Waals surface area contributed by atoms with Crippen LogP contribution in [0.3, 0.4) is 0 Å². The summed E-state index contributed by atoms with van der Waals surface area (Å²) < 4.78 is 0. The molecule has 0 amide bonds. The second kappa shape index (κ2) is 8.19. The summed E-state index contributed by atoms with van der Waals surface area (Å²) in [6.45, 7) is 6.75. The van der Waals surface area contributed by atoms with Gasteiger partial charge in [-0.05, 0) is 73.2 Å². The fourth-order valence-electron chi connectivity index (χ4n) is 4.36. The van der Waals surface area contributed by atoms with Crippen molar-refractivity contribution in [3.05, 3.63) is 106 Å². The molecule has 1 unspecified atom stereocenters. The van der Waals surface area contributed by atoms with Crippen LogP contribution in [-0.4, -0.2) is 6.16 Å². The Morgan fingerprint density at radius 3 is 1.27 bits per heavy atom. The molecule has 0 nitrogen and oxygen atoms in total. The molecule has 0 spiro atoms. The molecule has 0 bridgehead atoms.